The van der Waals surface area contributed by atoms with Gasteiger partial charge in [-0.05, 0) is 22.2 Å². The van der Waals surface area contributed by atoms with Crippen LogP contribution in [0.15, 0.2) is 24.8 Å². The Balaban J connectivity index is 4.90. The van der Waals surface area contributed by atoms with E-state index in [9.17, 15) is 0 Å². The third kappa shape index (κ3) is 3.32. The SMILES string of the molecule is C=CC(=C)CO[Si](C(C)C)(C(C)C)C(C)C. The molecule has 0 aliphatic heterocycles. The van der Waals surface area contributed by atoms with Crippen LogP contribution in [0.2, 0.25) is 16.6 Å². The molecule has 0 aromatic heterocycles. The van der Waals surface area contributed by atoms with Gasteiger partial charge in [-0.1, -0.05) is 60.8 Å². The third-order valence-electron chi connectivity index (χ3n) is 3.50. The van der Waals surface area contributed by atoms with E-state index in [-0.39, 0.29) is 0 Å². The highest BCUT2D eigenvalue weighted by atomic mass is 28.4. The highest BCUT2D eigenvalue weighted by molar-refractivity contribution is 6.77. The largest absolute Gasteiger partial charge is 0.412 e. The van der Waals surface area contributed by atoms with Gasteiger partial charge in [-0.15, -0.1) is 0 Å². The molecule has 0 bridgehead atoms. The molecule has 0 amide bonds. The first-order chi connectivity index (χ1) is 7.28. The summed E-state index contributed by atoms with van der Waals surface area (Å²) in [7, 11) is -1.72. The minimum atomic E-state index is -1.72. The Morgan fingerprint density at radius 2 is 1.44 bits per heavy atom. The van der Waals surface area contributed by atoms with Gasteiger partial charge >= 0.3 is 0 Å². The molecule has 0 aliphatic rings. The fourth-order valence-corrected chi connectivity index (χ4v) is 8.21. The molecule has 16 heavy (non-hydrogen) atoms. The lowest BCUT2D eigenvalue weighted by atomic mass is 10.3. The van der Waals surface area contributed by atoms with Crippen molar-refractivity contribution in [2.75, 3.05) is 6.61 Å². The molecule has 2 heteroatoms. The monoisotopic (exact) mass is 240 g/mol. The maximum absolute atomic E-state index is 6.33. The van der Waals surface area contributed by atoms with E-state index in [1.54, 1.807) is 6.08 Å². The standard InChI is InChI=1S/C14H28OSi/c1-9-14(8)10-15-16(11(2)3,12(4)5)13(6)7/h9,11-13H,1,8,10H2,2-7H3. The van der Waals surface area contributed by atoms with E-state index >= 15 is 0 Å². The lowest BCUT2D eigenvalue weighted by Gasteiger charge is -2.42. The van der Waals surface area contributed by atoms with Gasteiger partial charge in [0.2, 0.25) is 8.32 Å². The molecule has 94 valence electrons. The van der Waals surface area contributed by atoms with E-state index in [4.69, 9.17) is 4.43 Å². The van der Waals surface area contributed by atoms with Crippen LogP contribution in [0, 0.1) is 0 Å². The van der Waals surface area contributed by atoms with E-state index in [1.807, 2.05) is 0 Å². The van der Waals surface area contributed by atoms with Crippen molar-refractivity contribution in [3.8, 4) is 0 Å². The quantitative estimate of drug-likeness (QED) is 0.453. The van der Waals surface area contributed by atoms with Crippen LogP contribution >= 0.6 is 0 Å². The van der Waals surface area contributed by atoms with Gasteiger partial charge < -0.3 is 4.43 Å². The van der Waals surface area contributed by atoms with Crippen molar-refractivity contribution in [2.24, 2.45) is 0 Å². The average Bonchev–Trinajstić information content (AvgIpc) is 2.16. The molecule has 0 heterocycles. The van der Waals surface area contributed by atoms with Gasteiger partial charge in [0.1, 0.15) is 0 Å². The molecular formula is C14H28OSi. The van der Waals surface area contributed by atoms with Gasteiger partial charge in [-0.25, -0.2) is 0 Å². The van der Waals surface area contributed by atoms with Gasteiger partial charge in [0.05, 0.1) is 6.61 Å². The summed E-state index contributed by atoms with van der Waals surface area (Å²) in [5, 5.41) is 0. The minimum Gasteiger partial charge on any atom is -0.412 e. The Bertz CT molecular complexity index is 219. The van der Waals surface area contributed by atoms with Crippen molar-refractivity contribution in [2.45, 2.75) is 58.2 Å². The number of hydrogen-bond donors (Lipinski definition) is 0. The Kier molecular flexibility index (Phi) is 6.27. The lowest BCUT2D eigenvalue weighted by Crippen LogP contribution is -2.48. The molecule has 0 atom stereocenters. The maximum Gasteiger partial charge on any atom is 0.200 e. The molecular weight excluding hydrogens is 212 g/mol. The summed E-state index contributed by atoms with van der Waals surface area (Å²) >= 11 is 0. The second-order valence-corrected chi connectivity index (χ2v) is 10.9. The molecule has 0 saturated heterocycles. The van der Waals surface area contributed by atoms with Crippen LogP contribution in [0.5, 0.6) is 0 Å². The van der Waals surface area contributed by atoms with Crippen LogP contribution in [0.1, 0.15) is 41.5 Å². The Morgan fingerprint density at radius 3 is 1.69 bits per heavy atom. The lowest BCUT2D eigenvalue weighted by molar-refractivity contribution is 0.310. The van der Waals surface area contributed by atoms with Crippen LogP contribution in [-0.4, -0.2) is 14.9 Å². The fraction of sp³-hybridized carbons (Fsp3) is 0.714. The van der Waals surface area contributed by atoms with E-state index in [1.165, 1.54) is 0 Å². The Morgan fingerprint density at radius 1 is 1.06 bits per heavy atom. The summed E-state index contributed by atoms with van der Waals surface area (Å²) in [5.74, 6) is 0. The summed E-state index contributed by atoms with van der Waals surface area (Å²) in [6.07, 6.45) is 1.79. The number of rotatable bonds is 7. The van der Waals surface area contributed by atoms with E-state index in [0.29, 0.717) is 23.2 Å². The first kappa shape index (κ1) is 15.7. The summed E-state index contributed by atoms with van der Waals surface area (Å²) in [4.78, 5) is 0. The van der Waals surface area contributed by atoms with Crippen LogP contribution in [0.4, 0.5) is 0 Å². The molecule has 0 aliphatic carbocycles. The second-order valence-electron chi connectivity index (χ2n) is 5.47. The first-order valence-corrected chi connectivity index (χ1v) is 8.37. The molecule has 0 aromatic rings. The Labute approximate surface area is 103 Å². The predicted octanol–water partition coefficient (Wildman–Crippen LogP) is 4.92. The van der Waals surface area contributed by atoms with Crippen LogP contribution < -0.4 is 0 Å². The highest BCUT2D eigenvalue weighted by Gasteiger charge is 2.44. The van der Waals surface area contributed by atoms with E-state index < -0.39 is 8.32 Å². The molecule has 0 rings (SSSR count). The highest BCUT2D eigenvalue weighted by Crippen LogP contribution is 2.42. The molecule has 0 saturated carbocycles. The topological polar surface area (TPSA) is 9.23 Å². The fourth-order valence-electron chi connectivity index (χ4n) is 2.78. The van der Waals surface area contributed by atoms with Gasteiger partial charge in [0.15, 0.2) is 0 Å². The van der Waals surface area contributed by atoms with Gasteiger partial charge in [-0.2, -0.15) is 0 Å². The summed E-state index contributed by atoms with van der Waals surface area (Å²) in [6.45, 7) is 22.1. The predicted molar refractivity (Wildman–Crippen MR) is 76.3 cm³/mol. The third-order valence-corrected chi connectivity index (χ3v) is 9.56. The van der Waals surface area contributed by atoms with Crippen LogP contribution in [0.3, 0.4) is 0 Å². The zero-order chi connectivity index (χ0) is 12.9. The average molecular weight is 240 g/mol. The first-order valence-electron chi connectivity index (χ1n) is 6.23. The molecule has 0 N–H and O–H groups in total. The summed E-state index contributed by atoms with van der Waals surface area (Å²) in [6, 6.07) is 0. The Hall–Kier alpha value is -0.343. The molecule has 0 unspecified atom stereocenters. The van der Waals surface area contributed by atoms with Crippen molar-refractivity contribution >= 4 is 8.32 Å². The van der Waals surface area contributed by atoms with Crippen molar-refractivity contribution in [3.05, 3.63) is 24.8 Å². The van der Waals surface area contributed by atoms with Gasteiger partial charge in [0, 0.05) is 0 Å². The van der Waals surface area contributed by atoms with Crippen molar-refractivity contribution in [3.63, 3.8) is 0 Å². The van der Waals surface area contributed by atoms with Crippen LogP contribution in [0.25, 0.3) is 0 Å². The zero-order valence-corrected chi connectivity index (χ0v) is 12.8. The van der Waals surface area contributed by atoms with E-state index in [2.05, 4.69) is 54.7 Å². The maximum atomic E-state index is 6.33. The molecule has 0 radical (unpaired) electrons. The van der Waals surface area contributed by atoms with Crippen molar-refractivity contribution in [1.82, 2.24) is 0 Å². The van der Waals surface area contributed by atoms with Crippen LogP contribution in [-0.2, 0) is 4.43 Å². The summed E-state index contributed by atoms with van der Waals surface area (Å²) < 4.78 is 6.33. The van der Waals surface area contributed by atoms with Gasteiger partial charge in [0.25, 0.3) is 0 Å². The number of hydrogen-bond acceptors (Lipinski definition) is 1. The molecule has 0 fully saturated rings. The normalized spacial score (nSPS) is 12.6. The molecule has 1 nitrogen and oxygen atoms in total. The van der Waals surface area contributed by atoms with E-state index in [0.717, 1.165) is 5.57 Å². The molecule has 0 aromatic carbocycles. The molecule has 0 spiro atoms. The smallest absolute Gasteiger partial charge is 0.200 e. The van der Waals surface area contributed by atoms with Crippen molar-refractivity contribution in [1.29, 1.82) is 0 Å². The zero-order valence-electron chi connectivity index (χ0n) is 11.8. The van der Waals surface area contributed by atoms with Gasteiger partial charge in [-0.3, -0.25) is 0 Å². The second kappa shape index (κ2) is 6.41. The van der Waals surface area contributed by atoms with Crippen molar-refractivity contribution < 1.29 is 4.43 Å². The minimum absolute atomic E-state index is 0.630. The summed E-state index contributed by atoms with van der Waals surface area (Å²) in [5.41, 5.74) is 2.87.